The predicted octanol–water partition coefficient (Wildman–Crippen LogP) is 2.20. The maximum Gasteiger partial charge on any atom is 0.269 e. The largest absolute Gasteiger partial charge is 0.497 e. The van der Waals surface area contributed by atoms with E-state index in [1.807, 2.05) is 0 Å². The fourth-order valence-corrected chi connectivity index (χ4v) is 4.56. The van der Waals surface area contributed by atoms with Gasteiger partial charge in [-0.15, -0.1) is 0 Å². The number of benzene rings is 1. The highest BCUT2D eigenvalue weighted by Crippen LogP contribution is 2.40. The molecule has 0 fully saturated rings. The number of nitrogens with zero attached hydrogens (tertiary/aromatic N) is 1. The number of carbonyl (C=O) groups excluding carboxylic acids is 1. The summed E-state index contributed by atoms with van der Waals surface area (Å²) in [5.41, 5.74) is 0.831. The average molecular weight is 293 g/mol. The van der Waals surface area contributed by atoms with Crippen molar-refractivity contribution in [3.05, 3.63) is 34.7 Å². The van der Waals surface area contributed by atoms with Crippen LogP contribution in [0.2, 0.25) is 0 Å². The maximum absolute atomic E-state index is 12.5. The van der Waals surface area contributed by atoms with Crippen LogP contribution in [0.1, 0.15) is 25.7 Å². The highest BCUT2D eigenvalue weighted by atomic mass is 32.2. The Morgan fingerprint density at radius 3 is 2.35 bits per heavy atom. The zero-order valence-corrected chi connectivity index (χ0v) is 11.9. The molecule has 0 saturated carbocycles. The Hall–Kier alpha value is -1.82. The van der Waals surface area contributed by atoms with Crippen LogP contribution in [0.5, 0.6) is 5.75 Å². The standard InChI is InChI=1S/C14H15NO4S/c1-19-11-8-6-10(7-9-11)15-14(16)12-4-2-3-5-13(12)20(15,17)18/h6-9H,2-5H2,1H3. The van der Waals surface area contributed by atoms with Crippen molar-refractivity contribution in [2.45, 2.75) is 25.7 Å². The third-order valence-electron chi connectivity index (χ3n) is 3.72. The lowest BCUT2D eigenvalue weighted by molar-refractivity contribution is -0.114. The van der Waals surface area contributed by atoms with Crippen LogP contribution in [0.4, 0.5) is 5.69 Å². The molecule has 1 aromatic carbocycles. The van der Waals surface area contributed by atoms with Crippen LogP contribution in [0.3, 0.4) is 0 Å². The molecule has 0 unspecified atom stereocenters. The van der Waals surface area contributed by atoms with Gasteiger partial charge in [0.1, 0.15) is 5.75 Å². The Morgan fingerprint density at radius 2 is 1.75 bits per heavy atom. The Labute approximate surface area is 117 Å². The number of sulfonamides is 1. The van der Waals surface area contributed by atoms with E-state index in [1.54, 1.807) is 24.3 Å². The molecule has 106 valence electrons. The van der Waals surface area contributed by atoms with E-state index in [0.717, 1.165) is 17.1 Å². The van der Waals surface area contributed by atoms with E-state index < -0.39 is 15.9 Å². The molecule has 1 aliphatic heterocycles. The van der Waals surface area contributed by atoms with Crippen molar-refractivity contribution in [3.63, 3.8) is 0 Å². The zero-order chi connectivity index (χ0) is 14.3. The number of allylic oxidation sites excluding steroid dienone is 1. The molecule has 0 bridgehead atoms. The Balaban J connectivity index is 2.05. The summed E-state index contributed by atoms with van der Waals surface area (Å²) in [6.45, 7) is 0. The van der Waals surface area contributed by atoms with Gasteiger partial charge < -0.3 is 4.74 Å². The minimum atomic E-state index is -3.69. The molecule has 0 N–H and O–H groups in total. The van der Waals surface area contributed by atoms with Gasteiger partial charge in [-0.05, 0) is 49.9 Å². The summed E-state index contributed by atoms with van der Waals surface area (Å²) in [5, 5.41) is 0. The minimum Gasteiger partial charge on any atom is -0.497 e. The van der Waals surface area contributed by atoms with Crippen molar-refractivity contribution in [1.82, 2.24) is 0 Å². The first-order valence-electron chi connectivity index (χ1n) is 6.51. The van der Waals surface area contributed by atoms with Gasteiger partial charge in [-0.2, -0.15) is 4.31 Å². The van der Waals surface area contributed by atoms with Crippen LogP contribution in [-0.4, -0.2) is 21.4 Å². The van der Waals surface area contributed by atoms with E-state index in [9.17, 15) is 13.2 Å². The number of anilines is 1. The number of hydrogen-bond acceptors (Lipinski definition) is 4. The molecule has 1 heterocycles. The molecule has 3 rings (SSSR count). The van der Waals surface area contributed by atoms with Crippen molar-refractivity contribution < 1.29 is 17.9 Å². The summed E-state index contributed by atoms with van der Waals surface area (Å²) in [4.78, 5) is 12.7. The molecule has 5 nitrogen and oxygen atoms in total. The summed E-state index contributed by atoms with van der Waals surface area (Å²) >= 11 is 0. The molecule has 2 aliphatic rings. The molecule has 0 aromatic heterocycles. The number of ether oxygens (including phenoxy) is 1. The Morgan fingerprint density at radius 1 is 1.10 bits per heavy atom. The molecule has 1 aromatic rings. The smallest absolute Gasteiger partial charge is 0.269 e. The van der Waals surface area contributed by atoms with E-state index in [0.29, 0.717) is 34.8 Å². The Bertz CT molecular complexity index is 688. The number of carbonyl (C=O) groups is 1. The third-order valence-corrected chi connectivity index (χ3v) is 5.65. The molecule has 20 heavy (non-hydrogen) atoms. The summed E-state index contributed by atoms with van der Waals surface area (Å²) in [6, 6.07) is 6.48. The van der Waals surface area contributed by atoms with E-state index >= 15 is 0 Å². The van der Waals surface area contributed by atoms with Crippen LogP contribution in [-0.2, 0) is 14.8 Å². The van der Waals surface area contributed by atoms with Crippen molar-refractivity contribution in [3.8, 4) is 5.75 Å². The summed E-state index contributed by atoms with van der Waals surface area (Å²) in [5.74, 6) is 0.223. The molecule has 0 radical (unpaired) electrons. The van der Waals surface area contributed by atoms with Crippen molar-refractivity contribution in [1.29, 1.82) is 0 Å². The molecular weight excluding hydrogens is 278 g/mol. The van der Waals surface area contributed by atoms with Crippen molar-refractivity contribution in [2.24, 2.45) is 0 Å². The number of hydrogen-bond donors (Lipinski definition) is 0. The second-order valence-electron chi connectivity index (χ2n) is 4.88. The average Bonchev–Trinajstić information content (AvgIpc) is 2.67. The molecule has 0 saturated heterocycles. The lowest BCUT2D eigenvalue weighted by Gasteiger charge is -2.16. The molecule has 0 atom stereocenters. The van der Waals surface area contributed by atoms with Crippen molar-refractivity contribution >= 4 is 21.6 Å². The van der Waals surface area contributed by atoms with Crippen molar-refractivity contribution in [2.75, 3.05) is 11.4 Å². The van der Waals surface area contributed by atoms with E-state index in [-0.39, 0.29) is 0 Å². The second-order valence-corrected chi connectivity index (χ2v) is 6.69. The van der Waals surface area contributed by atoms with Gasteiger partial charge in [0.2, 0.25) is 0 Å². The Kier molecular flexibility index (Phi) is 3.05. The summed E-state index contributed by atoms with van der Waals surface area (Å²) < 4.78 is 31.0. The first kappa shape index (κ1) is 13.2. The highest BCUT2D eigenvalue weighted by molar-refractivity contribution is 7.98. The van der Waals surface area contributed by atoms with Gasteiger partial charge in [-0.1, -0.05) is 0 Å². The lowest BCUT2D eigenvalue weighted by Crippen LogP contribution is -2.31. The summed E-state index contributed by atoms with van der Waals surface area (Å²) in [6.07, 6.45) is 2.72. The van der Waals surface area contributed by atoms with Crippen LogP contribution >= 0.6 is 0 Å². The van der Waals surface area contributed by atoms with Gasteiger partial charge in [-0.3, -0.25) is 4.79 Å². The zero-order valence-electron chi connectivity index (χ0n) is 11.1. The van der Waals surface area contributed by atoms with Gasteiger partial charge >= 0.3 is 0 Å². The fraction of sp³-hybridized carbons (Fsp3) is 0.357. The van der Waals surface area contributed by atoms with Gasteiger partial charge in [0.25, 0.3) is 15.9 Å². The minimum absolute atomic E-state index is 0.310. The lowest BCUT2D eigenvalue weighted by atomic mass is 9.99. The van der Waals surface area contributed by atoms with Gasteiger partial charge in [0.05, 0.1) is 17.7 Å². The SMILES string of the molecule is COc1ccc(N2C(=O)C3=C(CCCC3)S2(=O)=O)cc1. The van der Waals surface area contributed by atoms with Crippen LogP contribution in [0.25, 0.3) is 0 Å². The highest BCUT2D eigenvalue weighted by Gasteiger charge is 2.44. The van der Waals surface area contributed by atoms with Crippen LogP contribution in [0, 0.1) is 0 Å². The molecule has 6 heteroatoms. The van der Waals surface area contributed by atoms with E-state index in [2.05, 4.69) is 0 Å². The number of rotatable bonds is 2. The maximum atomic E-state index is 12.5. The van der Waals surface area contributed by atoms with Gasteiger partial charge in [0, 0.05) is 5.57 Å². The third kappa shape index (κ3) is 1.83. The molecule has 0 spiro atoms. The van der Waals surface area contributed by atoms with Gasteiger partial charge in [0.15, 0.2) is 0 Å². The molecule has 1 aliphatic carbocycles. The van der Waals surface area contributed by atoms with Crippen LogP contribution < -0.4 is 9.04 Å². The van der Waals surface area contributed by atoms with Gasteiger partial charge in [-0.25, -0.2) is 8.42 Å². The van der Waals surface area contributed by atoms with Crippen LogP contribution in [0.15, 0.2) is 34.7 Å². The number of amides is 1. The fourth-order valence-electron chi connectivity index (χ4n) is 2.70. The molecule has 1 amide bonds. The summed E-state index contributed by atoms with van der Waals surface area (Å²) in [7, 11) is -2.15. The monoisotopic (exact) mass is 293 g/mol. The second kappa shape index (κ2) is 4.63. The number of methoxy groups -OCH3 is 1. The molecular formula is C14H15NO4S. The first-order valence-corrected chi connectivity index (χ1v) is 7.95. The topological polar surface area (TPSA) is 63.7 Å². The normalized spacial score (nSPS) is 21.1. The predicted molar refractivity (Wildman–Crippen MR) is 74.9 cm³/mol. The van der Waals surface area contributed by atoms with E-state index in [1.165, 1.54) is 7.11 Å². The van der Waals surface area contributed by atoms with E-state index in [4.69, 9.17) is 4.74 Å². The quantitative estimate of drug-likeness (QED) is 0.838. The first-order chi connectivity index (χ1) is 9.55.